The SMILES string of the molecule is CCCCCCC/C=C\C/C=C\CCCCCCCCCCCCCCCCCCCCCCCCCCCCCCCC(=O)NC(COP(=O)([O-])OCC[N+](C)(C)C)C(O)/C=C/CC/C=C/CC/C=C/CCCCCCCC. The molecule has 0 heterocycles. The fraction of sp³-hybridized carbons (Fsp3) is 0.843. The zero-order valence-corrected chi connectivity index (χ0v) is 54.0. The van der Waals surface area contributed by atoms with Gasteiger partial charge < -0.3 is 28.8 Å². The maximum Gasteiger partial charge on any atom is 0.268 e. The highest BCUT2D eigenvalue weighted by molar-refractivity contribution is 7.45. The Kier molecular flexibility index (Phi) is 59.4. The maximum absolute atomic E-state index is 13.0. The Morgan fingerprint density at radius 3 is 1.10 bits per heavy atom. The van der Waals surface area contributed by atoms with Crippen molar-refractivity contribution in [1.29, 1.82) is 0 Å². The first-order valence-corrected chi connectivity index (χ1v) is 35.6. The number of rotatable bonds is 63. The van der Waals surface area contributed by atoms with Gasteiger partial charge in [-0.1, -0.05) is 306 Å². The summed E-state index contributed by atoms with van der Waals surface area (Å²) in [4.78, 5) is 25.5. The molecule has 0 radical (unpaired) electrons. The van der Waals surface area contributed by atoms with Gasteiger partial charge in [-0.2, -0.15) is 0 Å². The van der Waals surface area contributed by atoms with Crippen LogP contribution in [0.4, 0.5) is 0 Å². The molecule has 0 fully saturated rings. The molecule has 0 aliphatic rings. The molecule has 2 N–H and O–H groups in total. The van der Waals surface area contributed by atoms with Crippen LogP contribution >= 0.6 is 7.82 Å². The molecule has 0 aliphatic heterocycles. The van der Waals surface area contributed by atoms with Gasteiger partial charge in [0, 0.05) is 6.42 Å². The second-order valence-electron chi connectivity index (χ2n) is 24.5. The lowest BCUT2D eigenvalue weighted by atomic mass is 10.0. The van der Waals surface area contributed by atoms with Crippen LogP contribution in [0.2, 0.25) is 0 Å². The number of likely N-dealkylation sites (N-methyl/N-ethyl adjacent to an activating group) is 1. The van der Waals surface area contributed by atoms with Crippen LogP contribution in [0.1, 0.15) is 328 Å². The average molecular weight is 1130 g/mol. The van der Waals surface area contributed by atoms with Crippen molar-refractivity contribution >= 4 is 13.7 Å². The number of carbonyl (C=O) groups is 1. The minimum absolute atomic E-state index is 0.00851. The third-order valence-electron chi connectivity index (χ3n) is 15.4. The molecule has 9 heteroatoms. The van der Waals surface area contributed by atoms with E-state index in [1.807, 2.05) is 27.2 Å². The Hall–Kier alpha value is -1.80. The summed E-state index contributed by atoms with van der Waals surface area (Å²) in [5, 5.41) is 13.9. The number of amides is 1. The summed E-state index contributed by atoms with van der Waals surface area (Å²) >= 11 is 0. The van der Waals surface area contributed by atoms with Crippen molar-refractivity contribution in [3.63, 3.8) is 0 Å². The number of quaternary nitrogens is 1. The molecule has 464 valence electrons. The molecule has 1 amide bonds. The molecule has 79 heavy (non-hydrogen) atoms. The number of unbranched alkanes of at least 4 members (excludes halogenated alkanes) is 42. The van der Waals surface area contributed by atoms with Gasteiger partial charge in [0.1, 0.15) is 13.2 Å². The van der Waals surface area contributed by atoms with E-state index in [-0.39, 0.29) is 12.5 Å². The first-order valence-electron chi connectivity index (χ1n) is 34.2. The van der Waals surface area contributed by atoms with Crippen LogP contribution in [0, 0.1) is 0 Å². The number of allylic oxidation sites excluding steroid dienone is 9. The van der Waals surface area contributed by atoms with Gasteiger partial charge in [-0.25, -0.2) is 0 Å². The summed E-state index contributed by atoms with van der Waals surface area (Å²) in [7, 11) is 1.24. The number of hydrogen-bond acceptors (Lipinski definition) is 6. The average Bonchev–Trinajstić information content (AvgIpc) is 3.42. The van der Waals surface area contributed by atoms with Crippen LogP contribution in [0.15, 0.2) is 60.8 Å². The molecule has 0 saturated heterocycles. The first-order chi connectivity index (χ1) is 38.5. The van der Waals surface area contributed by atoms with Crippen molar-refractivity contribution in [2.45, 2.75) is 341 Å². The van der Waals surface area contributed by atoms with Gasteiger partial charge in [0.05, 0.1) is 39.9 Å². The molecule has 0 bridgehead atoms. The van der Waals surface area contributed by atoms with Gasteiger partial charge in [-0.15, -0.1) is 0 Å². The van der Waals surface area contributed by atoms with Crippen molar-refractivity contribution < 1.29 is 32.9 Å². The minimum atomic E-state index is -4.61. The van der Waals surface area contributed by atoms with Crippen LogP contribution in [-0.4, -0.2) is 68.5 Å². The summed E-state index contributed by atoms with van der Waals surface area (Å²) in [6, 6.07) is -0.910. The van der Waals surface area contributed by atoms with Gasteiger partial charge in [0.25, 0.3) is 7.82 Å². The monoisotopic (exact) mass is 1130 g/mol. The van der Waals surface area contributed by atoms with Gasteiger partial charge >= 0.3 is 0 Å². The summed E-state index contributed by atoms with van der Waals surface area (Å²) < 4.78 is 23.4. The Labute approximate surface area is 492 Å². The molecule has 3 atom stereocenters. The van der Waals surface area contributed by atoms with Gasteiger partial charge in [-0.3, -0.25) is 9.36 Å². The van der Waals surface area contributed by atoms with E-state index in [1.165, 1.54) is 257 Å². The predicted molar refractivity (Wildman–Crippen MR) is 344 cm³/mol. The number of aliphatic hydroxyl groups is 1. The fourth-order valence-corrected chi connectivity index (χ4v) is 10.8. The normalized spacial score (nSPS) is 14.1. The third kappa shape index (κ3) is 63.6. The van der Waals surface area contributed by atoms with Gasteiger partial charge in [-0.05, 0) is 77.0 Å². The van der Waals surface area contributed by atoms with Crippen molar-refractivity contribution in [2.75, 3.05) is 40.9 Å². The van der Waals surface area contributed by atoms with Crippen LogP contribution in [-0.2, 0) is 18.4 Å². The molecular formula is C70H133N2O6P. The maximum atomic E-state index is 13.0. The molecule has 0 spiro atoms. The second-order valence-corrected chi connectivity index (χ2v) is 25.9. The molecule has 3 unspecified atom stereocenters. The Balaban J connectivity index is 3.89. The largest absolute Gasteiger partial charge is 0.756 e. The number of phosphoric acid groups is 1. The standard InChI is InChI=1S/C70H133N2O6P/c1-6-8-10-12-14-16-18-20-22-24-25-26-27-28-29-30-31-32-33-34-35-36-37-38-39-40-41-42-43-44-45-46-47-48-50-52-54-56-58-60-62-64-70(74)71-68(67-78-79(75,76)77-66-65-72(3,4)5)69(73)63-61-59-57-55-53-51-49-23-21-19-17-15-13-11-9-7-2/h18,20-21,23-25,53,55,61,63,68-69,73H,6-17,19,22,26-52,54,56-60,62,64-67H2,1-5H3,(H-,71,74,75,76)/b20-18-,23-21+,25-24-,55-53+,63-61+. The van der Waals surface area contributed by atoms with E-state index in [2.05, 4.69) is 67.8 Å². The van der Waals surface area contributed by atoms with Crippen molar-refractivity contribution in [3.8, 4) is 0 Å². The van der Waals surface area contributed by atoms with Crippen LogP contribution in [0.3, 0.4) is 0 Å². The molecule has 0 rings (SSSR count). The van der Waals surface area contributed by atoms with E-state index in [0.717, 1.165) is 51.4 Å². The number of aliphatic hydroxyl groups excluding tert-OH is 1. The first kappa shape index (κ1) is 77.2. The molecule has 0 aromatic heterocycles. The Bertz CT molecular complexity index is 1470. The third-order valence-corrected chi connectivity index (χ3v) is 16.4. The quantitative estimate of drug-likeness (QED) is 0.0272. The van der Waals surface area contributed by atoms with Crippen molar-refractivity contribution in [2.24, 2.45) is 0 Å². The van der Waals surface area contributed by atoms with Crippen LogP contribution < -0.4 is 10.2 Å². The Morgan fingerprint density at radius 2 is 0.747 bits per heavy atom. The lowest BCUT2D eigenvalue weighted by Gasteiger charge is -2.29. The van der Waals surface area contributed by atoms with E-state index in [1.54, 1.807) is 6.08 Å². The number of carbonyl (C=O) groups excluding carboxylic acids is 1. The summed E-state index contributed by atoms with van der Waals surface area (Å²) in [6.07, 6.45) is 83.6. The van der Waals surface area contributed by atoms with Gasteiger partial charge in [0.15, 0.2) is 0 Å². The zero-order valence-electron chi connectivity index (χ0n) is 53.1. The van der Waals surface area contributed by atoms with Crippen molar-refractivity contribution in [3.05, 3.63) is 60.8 Å². The van der Waals surface area contributed by atoms with E-state index < -0.39 is 26.6 Å². The lowest BCUT2D eigenvalue weighted by Crippen LogP contribution is -2.45. The molecule has 0 saturated carbocycles. The summed E-state index contributed by atoms with van der Waals surface area (Å²) in [5.74, 6) is -0.207. The second kappa shape index (κ2) is 60.8. The number of nitrogens with one attached hydrogen (secondary N) is 1. The highest BCUT2D eigenvalue weighted by Gasteiger charge is 2.23. The van der Waals surface area contributed by atoms with Crippen LogP contribution in [0.5, 0.6) is 0 Å². The fourth-order valence-electron chi connectivity index (χ4n) is 10.1. The predicted octanol–water partition coefficient (Wildman–Crippen LogP) is 21.0. The highest BCUT2D eigenvalue weighted by atomic mass is 31.2. The molecule has 8 nitrogen and oxygen atoms in total. The number of hydrogen-bond donors (Lipinski definition) is 2. The van der Waals surface area contributed by atoms with E-state index in [0.29, 0.717) is 17.4 Å². The van der Waals surface area contributed by atoms with Gasteiger partial charge in [0.2, 0.25) is 5.91 Å². The number of nitrogens with zero attached hydrogens (tertiary/aromatic N) is 1. The molecular weight excluding hydrogens is 996 g/mol. The lowest BCUT2D eigenvalue weighted by molar-refractivity contribution is -0.870. The van der Waals surface area contributed by atoms with Crippen molar-refractivity contribution in [1.82, 2.24) is 5.32 Å². The van der Waals surface area contributed by atoms with E-state index in [4.69, 9.17) is 9.05 Å². The topological polar surface area (TPSA) is 108 Å². The van der Waals surface area contributed by atoms with E-state index in [9.17, 15) is 19.4 Å². The minimum Gasteiger partial charge on any atom is -0.756 e. The van der Waals surface area contributed by atoms with Crippen LogP contribution in [0.25, 0.3) is 0 Å². The highest BCUT2D eigenvalue weighted by Crippen LogP contribution is 2.38. The number of phosphoric ester groups is 1. The molecule has 0 aromatic carbocycles. The molecule has 0 aliphatic carbocycles. The molecule has 0 aromatic rings. The summed E-state index contributed by atoms with van der Waals surface area (Å²) in [6.45, 7) is 4.62. The Morgan fingerprint density at radius 1 is 0.443 bits per heavy atom. The summed E-state index contributed by atoms with van der Waals surface area (Å²) in [5.41, 5.74) is 0. The van der Waals surface area contributed by atoms with E-state index >= 15 is 0 Å². The zero-order chi connectivity index (χ0) is 57.7. The smallest absolute Gasteiger partial charge is 0.268 e.